The van der Waals surface area contributed by atoms with Crippen LogP contribution in [-0.4, -0.2) is 30.4 Å². The molecule has 0 aliphatic carbocycles. The number of aliphatic imine (C=N–C) groups is 1. The van der Waals surface area contributed by atoms with E-state index in [9.17, 15) is 18.0 Å². The summed E-state index contributed by atoms with van der Waals surface area (Å²) in [6.07, 6.45) is -2.76. The van der Waals surface area contributed by atoms with Gasteiger partial charge in [0.05, 0.1) is 5.56 Å². The molecule has 0 atom stereocenters. The van der Waals surface area contributed by atoms with Crippen molar-refractivity contribution in [3.05, 3.63) is 70.8 Å². The first-order valence-corrected chi connectivity index (χ1v) is 9.81. The van der Waals surface area contributed by atoms with E-state index in [4.69, 9.17) is 0 Å². The van der Waals surface area contributed by atoms with Crippen molar-refractivity contribution in [2.45, 2.75) is 38.7 Å². The van der Waals surface area contributed by atoms with E-state index in [2.05, 4.69) is 15.6 Å². The molecule has 31 heavy (non-hydrogen) atoms. The largest absolute Gasteiger partial charge is 0.416 e. The van der Waals surface area contributed by atoms with Crippen LogP contribution in [0.3, 0.4) is 0 Å². The van der Waals surface area contributed by atoms with Crippen LogP contribution in [0.2, 0.25) is 0 Å². The molecule has 1 aliphatic rings. The third kappa shape index (κ3) is 7.41. The molecule has 1 fully saturated rings. The molecule has 2 aromatic rings. The monoisotopic (exact) mass is 546 g/mol. The van der Waals surface area contributed by atoms with Gasteiger partial charge in [0.25, 0.3) is 0 Å². The molecular formula is C22H26F3IN4O. The van der Waals surface area contributed by atoms with Crippen molar-refractivity contribution in [2.75, 3.05) is 13.6 Å². The Labute approximate surface area is 197 Å². The van der Waals surface area contributed by atoms with Crippen LogP contribution >= 0.6 is 24.0 Å². The molecule has 1 heterocycles. The van der Waals surface area contributed by atoms with E-state index in [-0.39, 0.29) is 29.9 Å². The maximum atomic E-state index is 12.6. The van der Waals surface area contributed by atoms with Gasteiger partial charge in [-0.1, -0.05) is 36.4 Å². The molecule has 0 saturated carbocycles. The van der Waals surface area contributed by atoms with Gasteiger partial charge < -0.3 is 15.5 Å². The van der Waals surface area contributed by atoms with E-state index in [1.807, 2.05) is 29.2 Å². The summed E-state index contributed by atoms with van der Waals surface area (Å²) in [5.41, 5.74) is 2.22. The number of alkyl halides is 3. The molecule has 0 radical (unpaired) electrons. The highest BCUT2D eigenvalue weighted by molar-refractivity contribution is 14.0. The van der Waals surface area contributed by atoms with Crippen LogP contribution in [0.4, 0.5) is 13.2 Å². The second-order valence-electron chi connectivity index (χ2n) is 7.21. The average molecular weight is 546 g/mol. The number of amides is 1. The molecule has 9 heteroatoms. The summed E-state index contributed by atoms with van der Waals surface area (Å²) in [4.78, 5) is 17.7. The van der Waals surface area contributed by atoms with Crippen molar-refractivity contribution in [3.8, 4) is 0 Å². The minimum atomic E-state index is -4.33. The minimum Gasteiger partial charge on any atom is -0.352 e. The topological polar surface area (TPSA) is 56.7 Å². The summed E-state index contributed by atoms with van der Waals surface area (Å²) >= 11 is 0. The third-order valence-corrected chi connectivity index (χ3v) is 4.99. The molecule has 0 spiro atoms. The third-order valence-electron chi connectivity index (χ3n) is 4.99. The number of nitrogens with one attached hydrogen (secondary N) is 2. The molecule has 1 saturated heterocycles. The summed E-state index contributed by atoms with van der Waals surface area (Å²) < 4.78 is 37.9. The zero-order valence-electron chi connectivity index (χ0n) is 17.2. The first-order chi connectivity index (χ1) is 14.3. The van der Waals surface area contributed by atoms with Gasteiger partial charge in [-0.2, -0.15) is 13.2 Å². The zero-order chi connectivity index (χ0) is 21.6. The summed E-state index contributed by atoms with van der Waals surface area (Å²) in [5, 5.41) is 6.28. The lowest BCUT2D eigenvalue weighted by molar-refractivity contribution is -0.137. The molecule has 0 unspecified atom stereocenters. The Balaban J connectivity index is 0.00000341. The van der Waals surface area contributed by atoms with Crippen LogP contribution < -0.4 is 10.6 Å². The maximum absolute atomic E-state index is 12.6. The summed E-state index contributed by atoms with van der Waals surface area (Å²) in [6, 6.07) is 13.1. The Bertz CT molecular complexity index is 883. The molecule has 1 amide bonds. The van der Waals surface area contributed by atoms with Gasteiger partial charge in [-0.15, -0.1) is 24.0 Å². The number of hydrogen-bond donors (Lipinski definition) is 2. The lowest BCUT2D eigenvalue weighted by atomic mass is 10.1. The standard InChI is InChI=1S/C22H25F3N4O.HI/c1-26-21(28-14-17-8-10-19(11-9-17)22(23,24)25)27-13-16-4-6-18(7-5-16)15-29-12-2-3-20(29)30;/h4-11H,2-3,12-15H2,1H3,(H2,26,27,28);1H. The Morgan fingerprint density at radius 2 is 1.48 bits per heavy atom. The fourth-order valence-corrected chi connectivity index (χ4v) is 3.26. The van der Waals surface area contributed by atoms with Gasteiger partial charge in [0.1, 0.15) is 0 Å². The molecule has 0 aromatic heterocycles. The first-order valence-electron chi connectivity index (χ1n) is 9.81. The normalized spacial score (nSPS) is 14.4. The van der Waals surface area contributed by atoms with Gasteiger partial charge in [0, 0.05) is 39.6 Å². The van der Waals surface area contributed by atoms with Gasteiger partial charge >= 0.3 is 6.18 Å². The van der Waals surface area contributed by atoms with E-state index >= 15 is 0 Å². The summed E-state index contributed by atoms with van der Waals surface area (Å²) in [5.74, 6) is 0.769. The maximum Gasteiger partial charge on any atom is 0.416 e. The van der Waals surface area contributed by atoms with Gasteiger partial charge in [-0.25, -0.2) is 0 Å². The fourth-order valence-electron chi connectivity index (χ4n) is 3.26. The number of likely N-dealkylation sites (tertiary alicyclic amines) is 1. The highest BCUT2D eigenvalue weighted by atomic mass is 127. The second-order valence-corrected chi connectivity index (χ2v) is 7.21. The predicted molar refractivity (Wildman–Crippen MR) is 125 cm³/mol. The highest BCUT2D eigenvalue weighted by Gasteiger charge is 2.29. The number of carbonyl (C=O) groups excluding carboxylic acids is 1. The van der Waals surface area contributed by atoms with Crippen molar-refractivity contribution in [3.63, 3.8) is 0 Å². The zero-order valence-corrected chi connectivity index (χ0v) is 19.5. The van der Waals surface area contributed by atoms with Crippen molar-refractivity contribution >= 4 is 35.8 Å². The van der Waals surface area contributed by atoms with Crippen LogP contribution in [0.15, 0.2) is 53.5 Å². The quantitative estimate of drug-likeness (QED) is 0.323. The highest BCUT2D eigenvalue weighted by Crippen LogP contribution is 2.29. The first kappa shape index (κ1) is 25.0. The van der Waals surface area contributed by atoms with Gasteiger partial charge in [-0.3, -0.25) is 9.79 Å². The van der Waals surface area contributed by atoms with Crippen LogP contribution in [0.25, 0.3) is 0 Å². The number of guanidine groups is 1. The lowest BCUT2D eigenvalue weighted by Gasteiger charge is -2.16. The number of carbonyl (C=O) groups is 1. The molecule has 0 bridgehead atoms. The van der Waals surface area contributed by atoms with Crippen LogP contribution in [0.1, 0.15) is 35.1 Å². The van der Waals surface area contributed by atoms with Gasteiger partial charge in [0.15, 0.2) is 5.96 Å². The van der Waals surface area contributed by atoms with Crippen molar-refractivity contribution in [2.24, 2.45) is 4.99 Å². The average Bonchev–Trinajstić information content (AvgIpc) is 3.13. The number of rotatable bonds is 6. The SMILES string of the molecule is CN=C(NCc1ccc(CN2CCCC2=O)cc1)NCc1ccc(C(F)(F)F)cc1.I. The Morgan fingerprint density at radius 3 is 1.94 bits per heavy atom. The van der Waals surface area contributed by atoms with E-state index in [0.29, 0.717) is 32.0 Å². The number of halogens is 4. The number of nitrogens with zero attached hydrogens (tertiary/aromatic N) is 2. The summed E-state index contributed by atoms with van der Waals surface area (Å²) in [7, 11) is 1.64. The minimum absolute atomic E-state index is 0. The van der Waals surface area contributed by atoms with Crippen LogP contribution in [0, 0.1) is 0 Å². The molecule has 2 N–H and O–H groups in total. The lowest BCUT2D eigenvalue weighted by Crippen LogP contribution is -2.36. The Hall–Kier alpha value is -2.30. The fraction of sp³-hybridized carbons (Fsp3) is 0.364. The predicted octanol–water partition coefficient (Wildman–Crippen LogP) is 4.31. The number of benzene rings is 2. The Morgan fingerprint density at radius 1 is 0.968 bits per heavy atom. The molecule has 5 nitrogen and oxygen atoms in total. The van der Waals surface area contributed by atoms with Gasteiger partial charge in [0.2, 0.25) is 5.91 Å². The summed E-state index contributed by atoms with van der Waals surface area (Å²) in [6.45, 7) is 2.38. The molecule has 1 aliphatic heterocycles. The van der Waals surface area contributed by atoms with Crippen molar-refractivity contribution < 1.29 is 18.0 Å². The molecule has 3 rings (SSSR count). The molecule has 168 valence electrons. The van der Waals surface area contributed by atoms with Gasteiger partial charge in [-0.05, 0) is 35.2 Å². The van der Waals surface area contributed by atoms with Crippen molar-refractivity contribution in [1.82, 2.24) is 15.5 Å². The van der Waals surface area contributed by atoms with E-state index in [1.54, 1.807) is 7.05 Å². The smallest absolute Gasteiger partial charge is 0.352 e. The molecule has 2 aromatic carbocycles. The second kappa shape index (κ2) is 11.4. The van der Waals surface area contributed by atoms with Crippen LogP contribution in [0.5, 0.6) is 0 Å². The molecular weight excluding hydrogens is 520 g/mol. The van der Waals surface area contributed by atoms with Crippen LogP contribution in [-0.2, 0) is 30.6 Å². The number of hydrogen-bond acceptors (Lipinski definition) is 2. The van der Waals surface area contributed by atoms with Crippen molar-refractivity contribution in [1.29, 1.82) is 0 Å². The van der Waals surface area contributed by atoms with E-state index in [0.717, 1.165) is 41.8 Å². The van der Waals surface area contributed by atoms with E-state index in [1.165, 1.54) is 12.1 Å². The Kier molecular flexibility index (Phi) is 9.15. The van der Waals surface area contributed by atoms with E-state index < -0.39 is 11.7 Å².